The van der Waals surface area contributed by atoms with Gasteiger partial charge in [-0.2, -0.15) is 0 Å². The Hall–Kier alpha value is -1.55. The topological polar surface area (TPSA) is 57.6 Å². The molecule has 0 bridgehead atoms. The first-order valence-corrected chi connectivity index (χ1v) is 7.61. The molecular formula is C16H18ClNO3. The number of likely N-dealkylation sites (tertiary alicyclic amines) is 1. The summed E-state index contributed by atoms with van der Waals surface area (Å²) in [6.45, 7) is 2.73. The second kappa shape index (κ2) is 5.02. The molecule has 1 aromatic rings. The average Bonchev–Trinajstić information content (AvgIpc) is 2.98. The summed E-state index contributed by atoms with van der Waals surface area (Å²) >= 11 is 5.98. The molecule has 0 radical (unpaired) electrons. The number of amides is 1. The molecule has 1 amide bonds. The predicted octanol–water partition coefficient (Wildman–Crippen LogP) is 2.98. The van der Waals surface area contributed by atoms with Crippen molar-refractivity contribution >= 4 is 23.5 Å². The molecule has 0 unspecified atom stereocenters. The zero-order valence-corrected chi connectivity index (χ0v) is 12.7. The van der Waals surface area contributed by atoms with Crippen molar-refractivity contribution in [3.8, 4) is 0 Å². The van der Waals surface area contributed by atoms with E-state index in [2.05, 4.69) is 0 Å². The SMILES string of the molecule is Cc1cc(C(=O)N2C[C@@H]3CCC[C@@]3(C(=O)O)C2)ccc1Cl. The Labute approximate surface area is 128 Å². The normalized spacial score (nSPS) is 27.7. The van der Waals surface area contributed by atoms with Crippen LogP contribution in [0.15, 0.2) is 18.2 Å². The number of hydrogen-bond donors (Lipinski definition) is 1. The first kappa shape index (κ1) is 14.4. The third kappa shape index (κ3) is 2.22. The van der Waals surface area contributed by atoms with Gasteiger partial charge in [-0.25, -0.2) is 0 Å². The van der Waals surface area contributed by atoms with E-state index in [9.17, 15) is 14.7 Å². The van der Waals surface area contributed by atoms with Gasteiger partial charge < -0.3 is 10.0 Å². The molecule has 3 rings (SSSR count). The molecule has 2 atom stereocenters. The molecule has 1 aromatic carbocycles. The standard InChI is InChI=1S/C16H18ClNO3/c1-10-7-11(4-5-13(10)17)14(19)18-8-12-3-2-6-16(12,9-18)15(20)21/h4-5,7,12H,2-3,6,8-9H2,1H3,(H,20,21)/t12-,16+/m0/s1. The van der Waals surface area contributed by atoms with Crippen LogP contribution in [0.2, 0.25) is 5.02 Å². The minimum atomic E-state index is -0.757. The first-order valence-electron chi connectivity index (χ1n) is 7.23. The summed E-state index contributed by atoms with van der Waals surface area (Å²) in [6, 6.07) is 5.19. The summed E-state index contributed by atoms with van der Waals surface area (Å²) in [7, 11) is 0. The summed E-state index contributed by atoms with van der Waals surface area (Å²) in [6.07, 6.45) is 2.52. The zero-order chi connectivity index (χ0) is 15.2. The van der Waals surface area contributed by atoms with Crippen molar-refractivity contribution in [2.24, 2.45) is 11.3 Å². The van der Waals surface area contributed by atoms with Crippen LogP contribution in [0, 0.1) is 18.3 Å². The summed E-state index contributed by atoms with van der Waals surface area (Å²) in [5, 5.41) is 10.2. The monoisotopic (exact) mass is 307 g/mol. The van der Waals surface area contributed by atoms with E-state index in [0.29, 0.717) is 30.1 Å². The molecule has 1 aliphatic carbocycles. The van der Waals surface area contributed by atoms with Crippen LogP contribution in [-0.2, 0) is 4.79 Å². The highest BCUT2D eigenvalue weighted by molar-refractivity contribution is 6.31. The smallest absolute Gasteiger partial charge is 0.311 e. The molecule has 0 aromatic heterocycles. The summed E-state index contributed by atoms with van der Waals surface area (Å²) in [5.74, 6) is -0.760. The Bertz CT molecular complexity index is 616. The number of carbonyl (C=O) groups is 2. The van der Waals surface area contributed by atoms with E-state index in [0.717, 1.165) is 18.4 Å². The van der Waals surface area contributed by atoms with Gasteiger partial charge in [0.25, 0.3) is 5.91 Å². The number of nitrogens with zero attached hydrogens (tertiary/aromatic N) is 1. The number of halogens is 1. The van der Waals surface area contributed by atoms with E-state index in [1.54, 1.807) is 23.1 Å². The van der Waals surface area contributed by atoms with Crippen LogP contribution in [0.3, 0.4) is 0 Å². The number of rotatable bonds is 2. The van der Waals surface area contributed by atoms with Crippen LogP contribution in [0.4, 0.5) is 0 Å². The lowest BCUT2D eigenvalue weighted by Crippen LogP contribution is -2.37. The Morgan fingerprint density at radius 3 is 2.81 bits per heavy atom. The van der Waals surface area contributed by atoms with E-state index < -0.39 is 11.4 Å². The van der Waals surface area contributed by atoms with Gasteiger partial charge in [-0.1, -0.05) is 18.0 Å². The highest BCUT2D eigenvalue weighted by atomic mass is 35.5. The van der Waals surface area contributed by atoms with Gasteiger partial charge in [0, 0.05) is 23.7 Å². The molecule has 112 valence electrons. The molecule has 1 saturated carbocycles. The number of carboxylic acids is 1. The summed E-state index contributed by atoms with van der Waals surface area (Å²) in [5.41, 5.74) is 0.712. The van der Waals surface area contributed by atoms with Crippen molar-refractivity contribution in [1.82, 2.24) is 4.90 Å². The maximum absolute atomic E-state index is 12.6. The molecule has 2 aliphatic rings. The van der Waals surface area contributed by atoms with Crippen LogP contribution >= 0.6 is 11.6 Å². The lowest BCUT2D eigenvalue weighted by molar-refractivity contribution is -0.149. The van der Waals surface area contributed by atoms with E-state index in [-0.39, 0.29) is 11.8 Å². The van der Waals surface area contributed by atoms with Crippen LogP contribution in [0.5, 0.6) is 0 Å². The lowest BCUT2D eigenvalue weighted by atomic mass is 9.81. The van der Waals surface area contributed by atoms with Gasteiger partial charge in [0.2, 0.25) is 0 Å². The van der Waals surface area contributed by atoms with Gasteiger partial charge in [0.1, 0.15) is 0 Å². The fourth-order valence-corrected chi connectivity index (χ4v) is 3.87. The minimum absolute atomic E-state index is 0.0901. The van der Waals surface area contributed by atoms with E-state index in [1.807, 2.05) is 6.92 Å². The molecule has 0 spiro atoms. The van der Waals surface area contributed by atoms with Gasteiger partial charge in [-0.05, 0) is 49.4 Å². The Balaban J connectivity index is 1.84. The molecule has 1 saturated heterocycles. The highest BCUT2D eigenvalue weighted by Crippen LogP contribution is 2.49. The van der Waals surface area contributed by atoms with E-state index in [4.69, 9.17) is 11.6 Å². The van der Waals surface area contributed by atoms with Gasteiger partial charge in [0.05, 0.1) is 5.41 Å². The van der Waals surface area contributed by atoms with Crippen molar-refractivity contribution in [3.05, 3.63) is 34.3 Å². The van der Waals surface area contributed by atoms with Gasteiger partial charge in [0.15, 0.2) is 0 Å². The van der Waals surface area contributed by atoms with Crippen molar-refractivity contribution in [2.45, 2.75) is 26.2 Å². The highest BCUT2D eigenvalue weighted by Gasteiger charge is 2.55. The van der Waals surface area contributed by atoms with Gasteiger partial charge in [-0.15, -0.1) is 0 Å². The number of carboxylic acid groups (broad SMARTS) is 1. The summed E-state index contributed by atoms with van der Waals surface area (Å²) in [4.78, 5) is 25.9. The molecule has 5 heteroatoms. The molecule has 1 N–H and O–H groups in total. The van der Waals surface area contributed by atoms with Crippen molar-refractivity contribution in [1.29, 1.82) is 0 Å². The first-order chi connectivity index (χ1) is 9.94. The van der Waals surface area contributed by atoms with Crippen molar-refractivity contribution < 1.29 is 14.7 Å². The molecular weight excluding hydrogens is 290 g/mol. The molecule has 4 nitrogen and oxygen atoms in total. The van der Waals surface area contributed by atoms with Gasteiger partial charge >= 0.3 is 5.97 Å². The van der Waals surface area contributed by atoms with Gasteiger partial charge in [-0.3, -0.25) is 9.59 Å². The zero-order valence-electron chi connectivity index (χ0n) is 11.9. The fourth-order valence-electron chi connectivity index (χ4n) is 3.75. The fraction of sp³-hybridized carbons (Fsp3) is 0.500. The number of carbonyl (C=O) groups excluding carboxylic acids is 1. The quantitative estimate of drug-likeness (QED) is 0.914. The number of aryl methyl sites for hydroxylation is 1. The summed E-state index contributed by atoms with van der Waals surface area (Å²) < 4.78 is 0. The van der Waals surface area contributed by atoms with Crippen molar-refractivity contribution in [3.63, 3.8) is 0 Å². The van der Waals surface area contributed by atoms with E-state index in [1.165, 1.54) is 0 Å². The van der Waals surface area contributed by atoms with Crippen molar-refractivity contribution in [2.75, 3.05) is 13.1 Å². The molecule has 1 aliphatic heterocycles. The maximum Gasteiger partial charge on any atom is 0.311 e. The average molecular weight is 308 g/mol. The molecule has 1 heterocycles. The van der Waals surface area contributed by atoms with E-state index >= 15 is 0 Å². The number of hydrogen-bond acceptors (Lipinski definition) is 2. The number of aliphatic carboxylic acids is 1. The van der Waals surface area contributed by atoms with Crippen LogP contribution in [0.25, 0.3) is 0 Å². The predicted molar refractivity (Wildman–Crippen MR) is 79.5 cm³/mol. The second-order valence-corrected chi connectivity index (χ2v) is 6.61. The lowest BCUT2D eigenvalue weighted by Gasteiger charge is -2.23. The minimum Gasteiger partial charge on any atom is -0.481 e. The Kier molecular flexibility index (Phi) is 3.44. The second-order valence-electron chi connectivity index (χ2n) is 6.20. The van der Waals surface area contributed by atoms with Crippen LogP contribution in [0.1, 0.15) is 35.2 Å². The number of fused-ring (bicyclic) bond motifs is 1. The molecule has 21 heavy (non-hydrogen) atoms. The third-order valence-electron chi connectivity index (χ3n) is 4.99. The Morgan fingerprint density at radius 2 is 2.19 bits per heavy atom. The Morgan fingerprint density at radius 1 is 1.43 bits per heavy atom. The van der Waals surface area contributed by atoms with Crippen LogP contribution < -0.4 is 0 Å². The third-order valence-corrected chi connectivity index (χ3v) is 5.41. The largest absolute Gasteiger partial charge is 0.481 e. The number of benzene rings is 1. The van der Waals surface area contributed by atoms with Crippen LogP contribution in [-0.4, -0.2) is 35.0 Å². The molecule has 2 fully saturated rings. The maximum atomic E-state index is 12.6.